The van der Waals surface area contributed by atoms with Gasteiger partial charge in [-0.1, -0.05) is 60.7 Å². The molecule has 2 amide bonds. The SMILES string of the molecule is O=C1[C@@H]2C3c4ccccc4C([N+](=O)[O-])(c4ccccc43)[C@@H]2C(=O)N1c1ccccc1O. The molecule has 7 nitrogen and oxygen atoms in total. The Labute approximate surface area is 176 Å². The summed E-state index contributed by atoms with van der Waals surface area (Å²) in [6.07, 6.45) is 0. The maximum atomic E-state index is 13.7. The summed E-state index contributed by atoms with van der Waals surface area (Å²) in [5.74, 6) is -3.96. The molecule has 152 valence electrons. The molecule has 1 N–H and O–H groups in total. The van der Waals surface area contributed by atoms with Crippen LogP contribution in [-0.2, 0) is 15.1 Å². The summed E-state index contributed by atoms with van der Waals surface area (Å²) in [6, 6.07) is 20.1. The third kappa shape index (κ3) is 1.89. The summed E-state index contributed by atoms with van der Waals surface area (Å²) in [5.41, 5.74) is 0.533. The van der Waals surface area contributed by atoms with E-state index in [1.807, 2.05) is 12.1 Å². The molecule has 0 radical (unpaired) electrons. The molecule has 0 spiro atoms. The van der Waals surface area contributed by atoms with Crippen molar-refractivity contribution in [2.24, 2.45) is 11.8 Å². The van der Waals surface area contributed by atoms with Crippen molar-refractivity contribution in [3.8, 4) is 5.75 Å². The van der Waals surface area contributed by atoms with Crippen molar-refractivity contribution in [2.75, 3.05) is 4.90 Å². The van der Waals surface area contributed by atoms with Gasteiger partial charge in [0.15, 0.2) is 0 Å². The van der Waals surface area contributed by atoms with Gasteiger partial charge in [0.25, 0.3) is 5.54 Å². The average Bonchev–Trinajstić information content (AvgIpc) is 3.05. The first kappa shape index (κ1) is 17.8. The van der Waals surface area contributed by atoms with Gasteiger partial charge in [-0.25, -0.2) is 4.90 Å². The number of benzene rings is 3. The van der Waals surface area contributed by atoms with Crippen LogP contribution in [0.15, 0.2) is 72.8 Å². The van der Waals surface area contributed by atoms with Crippen LogP contribution in [0.5, 0.6) is 5.75 Å². The number of hydrogen-bond acceptors (Lipinski definition) is 5. The minimum atomic E-state index is -1.86. The zero-order valence-corrected chi connectivity index (χ0v) is 16.1. The van der Waals surface area contributed by atoms with E-state index in [4.69, 9.17) is 0 Å². The molecule has 0 unspecified atom stereocenters. The smallest absolute Gasteiger partial charge is 0.285 e. The number of nitrogens with zero attached hydrogens (tertiary/aromatic N) is 2. The lowest BCUT2D eigenvalue weighted by Gasteiger charge is -2.48. The summed E-state index contributed by atoms with van der Waals surface area (Å²) >= 11 is 0. The van der Waals surface area contributed by atoms with E-state index in [2.05, 4.69) is 0 Å². The molecular formula is C24H16N2O5. The summed E-state index contributed by atoms with van der Waals surface area (Å²) in [5, 5.41) is 23.2. The zero-order valence-electron chi connectivity index (χ0n) is 16.1. The zero-order chi connectivity index (χ0) is 21.5. The lowest BCUT2D eigenvalue weighted by Crippen LogP contribution is -2.57. The topological polar surface area (TPSA) is 101 Å². The van der Waals surface area contributed by atoms with Crippen LogP contribution in [0.4, 0.5) is 5.69 Å². The van der Waals surface area contributed by atoms with E-state index in [9.17, 15) is 24.8 Å². The lowest BCUT2D eigenvalue weighted by molar-refractivity contribution is -0.578. The summed E-state index contributed by atoms with van der Waals surface area (Å²) in [4.78, 5) is 40.7. The molecule has 0 aromatic heterocycles. The number of para-hydroxylation sites is 2. The fourth-order valence-electron chi connectivity index (χ4n) is 5.93. The van der Waals surface area contributed by atoms with Crippen molar-refractivity contribution in [3.63, 3.8) is 0 Å². The number of rotatable bonds is 2. The average molecular weight is 412 g/mol. The summed E-state index contributed by atoms with van der Waals surface area (Å²) in [6.45, 7) is 0. The van der Waals surface area contributed by atoms with Crippen LogP contribution in [0.1, 0.15) is 28.2 Å². The van der Waals surface area contributed by atoms with Gasteiger partial charge in [-0.15, -0.1) is 0 Å². The summed E-state index contributed by atoms with van der Waals surface area (Å²) < 4.78 is 0. The molecule has 7 heteroatoms. The number of aromatic hydroxyl groups is 1. The molecule has 7 rings (SSSR count). The Bertz CT molecular complexity index is 1270. The fourth-order valence-corrected chi connectivity index (χ4v) is 5.93. The highest BCUT2D eigenvalue weighted by molar-refractivity contribution is 6.24. The van der Waals surface area contributed by atoms with Crippen LogP contribution in [0.2, 0.25) is 0 Å². The Morgan fingerprint density at radius 3 is 1.97 bits per heavy atom. The monoisotopic (exact) mass is 412 g/mol. The van der Waals surface area contributed by atoms with Crippen molar-refractivity contribution in [3.05, 3.63) is 105 Å². The molecule has 3 aromatic carbocycles. The second-order valence-corrected chi connectivity index (χ2v) is 8.18. The Hall–Kier alpha value is -4.00. The number of phenolic OH excluding ortho intramolecular Hbond substituents is 1. The van der Waals surface area contributed by atoms with Crippen molar-refractivity contribution < 1.29 is 19.6 Å². The minimum Gasteiger partial charge on any atom is -0.506 e. The van der Waals surface area contributed by atoms with Gasteiger partial charge in [-0.3, -0.25) is 19.7 Å². The molecule has 1 saturated heterocycles. The molecule has 31 heavy (non-hydrogen) atoms. The largest absolute Gasteiger partial charge is 0.506 e. The third-order valence-corrected chi connectivity index (χ3v) is 6.98. The molecule has 0 saturated carbocycles. The number of hydrogen-bond donors (Lipinski definition) is 1. The molecule has 3 aliphatic carbocycles. The number of anilines is 1. The van der Waals surface area contributed by atoms with Gasteiger partial charge in [-0.05, 0) is 23.3 Å². The standard InChI is InChI=1S/C24H16N2O5/c27-18-12-6-5-11-17(18)25-22(28)20-19-13-7-1-3-9-15(13)24(26(30)31,21(20)23(25)29)16-10-4-2-8-14(16)19/h1-12,19-21,27H/t19?,20-,21+,24?/m1/s1. The highest BCUT2D eigenvalue weighted by atomic mass is 16.6. The number of amides is 2. The Kier molecular flexibility index (Phi) is 3.33. The summed E-state index contributed by atoms with van der Waals surface area (Å²) in [7, 11) is 0. The van der Waals surface area contributed by atoms with Crippen LogP contribution < -0.4 is 4.90 Å². The van der Waals surface area contributed by atoms with Crippen molar-refractivity contribution >= 4 is 17.5 Å². The van der Waals surface area contributed by atoms with Crippen LogP contribution in [-0.4, -0.2) is 21.8 Å². The predicted octanol–water partition coefficient (Wildman–Crippen LogP) is 3.18. The van der Waals surface area contributed by atoms with Gasteiger partial charge in [0.1, 0.15) is 11.7 Å². The van der Waals surface area contributed by atoms with Crippen LogP contribution >= 0.6 is 0 Å². The van der Waals surface area contributed by atoms with Gasteiger partial charge >= 0.3 is 0 Å². The van der Waals surface area contributed by atoms with Crippen molar-refractivity contribution in [2.45, 2.75) is 11.5 Å². The van der Waals surface area contributed by atoms with E-state index in [-0.39, 0.29) is 11.4 Å². The number of imide groups is 1. The van der Waals surface area contributed by atoms with Crippen LogP contribution in [0.25, 0.3) is 0 Å². The van der Waals surface area contributed by atoms with Gasteiger partial charge in [0.05, 0.1) is 11.6 Å². The lowest BCUT2D eigenvalue weighted by atomic mass is 9.51. The maximum absolute atomic E-state index is 13.7. The van der Waals surface area contributed by atoms with E-state index < -0.39 is 40.0 Å². The highest BCUT2D eigenvalue weighted by Crippen LogP contribution is 2.64. The van der Waals surface area contributed by atoms with E-state index in [1.54, 1.807) is 48.5 Å². The van der Waals surface area contributed by atoms with Gasteiger partial charge in [0.2, 0.25) is 11.8 Å². The second kappa shape index (κ2) is 5.78. The molecular weight excluding hydrogens is 396 g/mol. The van der Waals surface area contributed by atoms with Gasteiger partial charge in [0, 0.05) is 22.0 Å². The normalized spacial score (nSPS) is 27.6. The molecule has 2 atom stereocenters. The quantitative estimate of drug-likeness (QED) is 0.396. The first-order valence-electron chi connectivity index (χ1n) is 9.98. The molecule has 4 aliphatic rings. The van der Waals surface area contributed by atoms with Crippen LogP contribution in [0.3, 0.4) is 0 Å². The highest BCUT2D eigenvalue weighted by Gasteiger charge is 2.74. The maximum Gasteiger partial charge on any atom is 0.285 e. The fraction of sp³-hybridized carbons (Fsp3) is 0.167. The van der Waals surface area contributed by atoms with E-state index >= 15 is 0 Å². The minimum absolute atomic E-state index is 0.0536. The number of phenols is 1. The number of nitro groups is 1. The molecule has 1 fully saturated rings. The molecule has 3 aromatic rings. The van der Waals surface area contributed by atoms with Gasteiger partial charge in [-0.2, -0.15) is 0 Å². The second-order valence-electron chi connectivity index (χ2n) is 8.18. The Morgan fingerprint density at radius 2 is 1.39 bits per heavy atom. The predicted molar refractivity (Wildman–Crippen MR) is 110 cm³/mol. The van der Waals surface area contributed by atoms with Gasteiger partial charge < -0.3 is 5.11 Å². The van der Waals surface area contributed by atoms with Crippen molar-refractivity contribution in [1.29, 1.82) is 0 Å². The molecule has 1 heterocycles. The Morgan fingerprint density at radius 1 is 0.839 bits per heavy atom. The number of carbonyl (C=O) groups is 2. The van der Waals surface area contributed by atoms with E-state index in [1.165, 1.54) is 12.1 Å². The first-order valence-corrected chi connectivity index (χ1v) is 9.98. The number of carbonyl (C=O) groups excluding carboxylic acids is 2. The Balaban J connectivity index is 1.69. The first-order chi connectivity index (χ1) is 15.0. The third-order valence-electron chi connectivity index (χ3n) is 6.98. The molecule has 1 aliphatic heterocycles. The molecule has 2 bridgehead atoms. The van der Waals surface area contributed by atoms with Crippen LogP contribution in [0, 0.1) is 22.0 Å². The van der Waals surface area contributed by atoms with E-state index in [0.29, 0.717) is 22.3 Å². The van der Waals surface area contributed by atoms with Crippen molar-refractivity contribution in [1.82, 2.24) is 0 Å². The van der Waals surface area contributed by atoms with E-state index in [0.717, 1.165) is 4.90 Å².